The second-order valence-corrected chi connectivity index (χ2v) is 8.35. The summed E-state index contributed by atoms with van der Waals surface area (Å²) in [5, 5.41) is 8.63. The van der Waals surface area contributed by atoms with Gasteiger partial charge in [0.1, 0.15) is 23.5 Å². The summed E-state index contributed by atoms with van der Waals surface area (Å²) < 4.78 is 35.8. The molecule has 9 heteroatoms. The number of hydrogen-bond donors (Lipinski definition) is 0. The topological polar surface area (TPSA) is 72.9 Å². The average Bonchev–Trinajstić information content (AvgIpc) is 3.56. The zero-order chi connectivity index (χ0) is 23.8. The number of anilines is 1. The highest BCUT2D eigenvalue weighted by atomic mass is 19.1. The first-order chi connectivity index (χ1) is 17.2. The van der Waals surface area contributed by atoms with E-state index in [4.69, 9.17) is 4.52 Å². The molecule has 0 saturated heterocycles. The fourth-order valence-corrected chi connectivity index (χ4v) is 4.37. The molecule has 3 aromatic heterocycles. The van der Waals surface area contributed by atoms with Gasteiger partial charge in [0.15, 0.2) is 17.5 Å². The predicted octanol–water partition coefficient (Wildman–Crippen LogP) is 4.88. The Morgan fingerprint density at radius 1 is 0.914 bits per heavy atom. The maximum Gasteiger partial charge on any atom is 0.183 e. The van der Waals surface area contributed by atoms with E-state index >= 15 is 0 Å². The van der Waals surface area contributed by atoms with Crippen LogP contribution in [0.4, 0.5) is 14.6 Å². The number of benzene rings is 2. The van der Waals surface area contributed by atoms with Gasteiger partial charge in [-0.1, -0.05) is 47.6 Å². The molecule has 0 atom stereocenters. The van der Waals surface area contributed by atoms with Gasteiger partial charge in [0.2, 0.25) is 0 Å². The molecule has 174 valence electrons. The average molecular weight is 470 g/mol. The Morgan fingerprint density at radius 3 is 2.57 bits per heavy atom. The molecule has 5 aromatic rings. The molecule has 0 spiro atoms. The van der Waals surface area contributed by atoms with Crippen molar-refractivity contribution in [1.29, 1.82) is 0 Å². The highest BCUT2D eigenvalue weighted by Crippen LogP contribution is 2.29. The SMILES string of the molecule is Fc1ccccc1Cn1nc(-c2ncc(F)c(N3CCc4ccccc4C3)n2)cc1-c1ccon1. The molecule has 0 unspecified atom stereocenters. The van der Waals surface area contributed by atoms with Crippen molar-refractivity contribution in [1.82, 2.24) is 24.9 Å². The van der Waals surface area contributed by atoms with E-state index in [1.54, 1.807) is 35.0 Å². The van der Waals surface area contributed by atoms with Crippen LogP contribution in [-0.2, 0) is 19.5 Å². The smallest absolute Gasteiger partial charge is 0.183 e. The Morgan fingerprint density at radius 2 is 1.74 bits per heavy atom. The molecule has 0 N–H and O–H groups in total. The van der Waals surface area contributed by atoms with Crippen LogP contribution in [0.25, 0.3) is 22.9 Å². The van der Waals surface area contributed by atoms with Crippen molar-refractivity contribution < 1.29 is 13.3 Å². The lowest BCUT2D eigenvalue weighted by Gasteiger charge is -2.30. The van der Waals surface area contributed by atoms with Crippen LogP contribution in [0.1, 0.15) is 16.7 Å². The largest absolute Gasteiger partial charge is 0.364 e. The third-order valence-electron chi connectivity index (χ3n) is 6.14. The molecule has 0 aliphatic carbocycles. The van der Waals surface area contributed by atoms with E-state index < -0.39 is 5.82 Å². The van der Waals surface area contributed by atoms with Crippen molar-refractivity contribution in [3.8, 4) is 22.9 Å². The second kappa shape index (κ2) is 8.75. The minimum Gasteiger partial charge on any atom is -0.364 e. The van der Waals surface area contributed by atoms with E-state index in [2.05, 4.69) is 32.4 Å². The van der Waals surface area contributed by atoms with Crippen molar-refractivity contribution in [3.05, 3.63) is 101 Å². The number of rotatable bonds is 5. The Kier molecular flexibility index (Phi) is 5.29. The Labute approximate surface area is 199 Å². The van der Waals surface area contributed by atoms with Crippen LogP contribution in [0.15, 0.2) is 77.6 Å². The van der Waals surface area contributed by atoms with Crippen LogP contribution in [0.2, 0.25) is 0 Å². The third-order valence-corrected chi connectivity index (χ3v) is 6.14. The maximum atomic E-state index is 14.8. The summed E-state index contributed by atoms with van der Waals surface area (Å²) >= 11 is 0. The highest BCUT2D eigenvalue weighted by molar-refractivity contribution is 5.63. The van der Waals surface area contributed by atoms with Crippen LogP contribution in [0.5, 0.6) is 0 Å². The van der Waals surface area contributed by atoms with Gasteiger partial charge in [0, 0.05) is 24.7 Å². The summed E-state index contributed by atoms with van der Waals surface area (Å²) in [5.41, 5.74) is 4.47. The quantitative estimate of drug-likeness (QED) is 0.364. The number of hydrogen-bond acceptors (Lipinski definition) is 6. The maximum absolute atomic E-state index is 14.8. The molecule has 0 saturated carbocycles. The van der Waals surface area contributed by atoms with Gasteiger partial charge in [-0.05, 0) is 29.7 Å². The zero-order valence-electron chi connectivity index (χ0n) is 18.6. The monoisotopic (exact) mass is 470 g/mol. The first-order valence-electron chi connectivity index (χ1n) is 11.2. The summed E-state index contributed by atoms with van der Waals surface area (Å²) in [4.78, 5) is 10.7. The molecule has 0 fully saturated rings. The van der Waals surface area contributed by atoms with Gasteiger partial charge >= 0.3 is 0 Å². The van der Waals surface area contributed by atoms with Crippen molar-refractivity contribution >= 4 is 5.82 Å². The summed E-state index contributed by atoms with van der Waals surface area (Å²) in [6.45, 7) is 1.39. The van der Waals surface area contributed by atoms with E-state index in [-0.39, 0.29) is 24.0 Å². The Hall–Kier alpha value is -4.40. The van der Waals surface area contributed by atoms with E-state index in [0.29, 0.717) is 35.7 Å². The highest BCUT2D eigenvalue weighted by Gasteiger charge is 2.23. The van der Waals surface area contributed by atoms with Crippen LogP contribution in [-0.4, -0.2) is 31.4 Å². The van der Waals surface area contributed by atoms with E-state index in [9.17, 15) is 8.78 Å². The molecule has 7 nitrogen and oxygen atoms in total. The minimum absolute atomic E-state index is 0.172. The standard InChI is InChI=1S/C26H20F2N6O/c27-20-8-4-3-7-19(20)16-34-24(22-10-12-35-32-22)13-23(31-34)25-29-14-21(28)26(30-25)33-11-9-17-5-1-2-6-18(17)15-33/h1-8,10,12-14H,9,11,15-16H2. The van der Waals surface area contributed by atoms with Gasteiger partial charge in [0.05, 0.1) is 18.4 Å². The molecule has 2 aromatic carbocycles. The second-order valence-electron chi connectivity index (χ2n) is 8.35. The molecule has 35 heavy (non-hydrogen) atoms. The van der Waals surface area contributed by atoms with Crippen LogP contribution >= 0.6 is 0 Å². The summed E-state index contributed by atoms with van der Waals surface area (Å²) in [7, 11) is 0. The fourth-order valence-electron chi connectivity index (χ4n) is 4.37. The molecule has 6 rings (SSSR count). The zero-order valence-corrected chi connectivity index (χ0v) is 18.6. The van der Waals surface area contributed by atoms with E-state index in [1.165, 1.54) is 24.1 Å². The van der Waals surface area contributed by atoms with Crippen LogP contribution in [0.3, 0.4) is 0 Å². The van der Waals surface area contributed by atoms with Gasteiger partial charge in [-0.3, -0.25) is 4.68 Å². The number of aromatic nitrogens is 5. The van der Waals surface area contributed by atoms with E-state index in [0.717, 1.165) is 12.0 Å². The Balaban J connectivity index is 1.38. The summed E-state index contributed by atoms with van der Waals surface area (Å²) in [6.07, 6.45) is 3.43. The van der Waals surface area contributed by atoms with E-state index in [1.807, 2.05) is 17.0 Å². The Bertz CT molecular complexity index is 1500. The lowest BCUT2D eigenvalue weighted by molar-refractivity contribution is 0.421. The fraction of sp³-hybridized carbons (Fsp3) is 0.154. The first kappa shape index (κ1) is 21.2. The summed E-state index contributed by atoms with van der Waals surface area (Å²) in [5.74, 6) is -0.314. The summed E-state index contributed by atoms with van der Waals surface area (Å²) in [6, 6.07) is 18.1. The van der Waals surface area contributed by atoms with Crippen molar-refractivity contribution in [2.24, 2.45) is 0 Å². The number of fused-ring (bicyclic) bond motifs is 1. The first-order valence-corrected chi connectivity index (χ1v) is 11.2. The molecule has 0 radical (unpaired) electrons. The van der Waals surface area contributed by atoms with Crippen LogP contribution in [0, 0.1) is 11.6 Å². The van der Waals surface area contributed by atoms with Crippen molar-refractivity contribution in [2.75, 3.05) is 11.4 Å². The third kappa shape index (κ3) is 4.05. The van der Waals surface area contributed by atoms with Gasteiger partial charge in [0.25, 0.3) is 0 Å². The molecule has 1 aliphatic rings. The van der Waals surface area contributed by atoms with Gasteiger partial charge < -0.3 is 9.42 Å². The normalized spacial score (nSPS) is 13.1. The lowest BCUT2D eigenvalue weighted by atomic mass is 10.00. The number of halogens is 2. The molecular weight excluding hydrogens is 450 g/mol. The van der Waals surface area contributed by atoms with Gasteiger partial charge in [-0.15, -0.1) is 0 Å². The predicted molar refractivity (Wildman–Crippen MR) is 125 cm³/mol. The van der Waals surface area contributed by atoms with Crippen molar-refractivity contribution in [3.63, 3.8) is 0 Å². The molecule has 0 amide bonds. The van der Waals surface area contributed by atoms with Crippen molar-refractivity contribution in [2.45, 2.75) is 19.5 Å². The molecule has 1 aliphatic heterocycles. The van der Waals surface area contributed by atoms with Gasteiger partial charge in [-0.25, -0.2) is 18.7 Å². The minimum atomic E-state index is -0.490. The number of nitrogens with zero attached hydrogens (tertiary/aromatic N) is 6. The molecule has 4 heterocycles. The lowest BCUT2D eigenvalue weighted by Crippen LogP contribution is -2.32. The van der Waals surface area contributed by atoms with Gasteiger partial charge in [-0.2, -0.15) is 5.10 Å². The van der Waals surface area contributed by atoms with Crippen LogP contribution < -0.4 is 4.90 Å². The molecule has 0 bridgehead atoms. The molecular formula is C26H20F2N6O.